The molecule has 0 saturated heterocycles. The Labute approximate surface area is 130 Å². The molecule has 3 heterocycles. The van der Waals surface area contributed by atoms with Crippen LogP contribution in [0.1, 0.15) is 0 Å². The molecule has 0 unspecified atom stereocenters. The van der Waals surface area contributed by atoms with E-state index in [0.29, 0.717) is 34.5 Å². The van der Waals surface area contributed by atoms with Crippen molar-refractivity contribution in [2.75, 3.05) is 27.8 Å². The average molecular weight is 315 g/mol. The highest BCUT2D eigenvalue weighted by molar-refractivity contribution is 6.14. The van der Waals surface area contributed by atoms with Crippen molar-refractivity contribution >= 4 is 21.8 Å². The highest BCUT2D eigenvalue weighted by Gasteiger charge is 2.28. The number of aromatic nitrogens is 1. The van der Waals surface area contributed by atoms with Crippen molar-refractivity contribution in [1.29, 1.82) is 0 Å². The van der Waals surface area contributed by atoms with Crippen molar-refractivity contribution in [3.8, 4) is 34.5 Å². The second kappa shape index (κ2) is 4.28. The monoisotopic (exact) mass is 315 g/mol. The Morgan fingerprint density at radius 1 is 0.826 bits per heavy atom. The van der Waals surface area contributed by atoms with Gasteiger partial charge in [0, 0.05) is 10.8 Å². The maximum atomic E-state index is 5.62. The predicted octanol–water partition coefficient (Wildman–Crippen LogP) is 2.80. The summed E-state index contributed by atoms with van der Waals surface area (Å²) in [6.45, 7) is 0.353. The van der Waals surface area contributed by atoms with Gasteiger partial charge in [0.25, 0.3) is 0 Å². The summed E-state index contributed by atoms with van der Waals surface area (Å²) in [4.78, 5) is 3.36. The summed E-state index contributed by atoms with van der Waals surface area (Å²) in [5.41, 5.74) is 1.65. The van der Waals surface area contributed by atoms with E-state index in [4.69, 9.17) is 28.4 Å². The molecule has 0 saturated carbocycles. The van der Waals surface area contributed by atoms with Crippen LogP contribution in [0.5, 0.6) is 34.5 Å². The van der Waals surface area contributed by atoms with Crippen LogP contribution in [-0.4, -0.2) is 32.8 Å². The second-order valence-electron chi connectivity index (χ2n) is 5.26. The lowest BCUT2D eigenvalue weighted by atomic mass is 10.1. The van der Waals surface area contributed by atoms with Gasteiger partial charge in [-0.1, -0.05) is 0 Å². The molecule has 0 aliphatic carbocycles. The smallest absolute Gasteiger partial charge is 0.231 e. The minimum atomic E-state index is 0.167. The third-order valence-electron chi connectivity index (χ3n) is 4.19. The molecule has 7 nitrogen and oxygen atoms in total. The number of fused-ring (bicyclic) bond motifs is 6. The number of hydrogen-bond donors (Lipinski definition) is 1. The van der Waals surface area contributed by atoms with Gasteiger partial charge in [-0.15, -0.1) is 0 Å². The average Bonchev–Trinajstić information content (AvgIpc) is 3.28. The Kier molecular flexibility index (Phi) is 2.34. The van der Waals surface area contributed by atoms with Gasteiger partial charge in [0.1, 0.15) is 0 Å². The third kappa shape index (κ3) is 1.48. The first-order valence-corrected chi connectivity index (χ1v) is 7.10. The van der Waals surface area contributed by atoms with Gasteiger partial charge in [-0.2, -0.15) is 0 Å². The van der Waals surface area contributed by atoms with Crippen molar-refractivity contribution in [1.82, 2.24) is 4.98 Å². The van der Waals surface area contributed by atoms with E-state index in [1.807, 2.05) is 12.1 Å². The summed E-state index contributed by atoms with van der Waals surface area (Å²) in [6, 6.07) is 3.85. The standard InChI is InChI=1S/C16H13NO6/c1-18-9-3-7-8-4-10-14(21-5-20-10)15(19-2)11(8)17-12(7)16-13(9)22-6-23-16/h3-4,17H,5-6H2,1-2H3. The maximum absolute atomic E-state index is 5.62. The number of H-pyrrole nitrogens is 1. The number of nitrogens with one attached hydrogen (secondary N) is 1. The van der Waals surface area contributed by atoms with E-state index in [1.165, 1.54) is 0 Å². The summed E-state index contributed by atoms with van der Waals surface area (Å²) in [6.07, 6.45) is 0. The van der Waals surface area contributed by atoms with Gasteiger partial charge >= 0.3 is 0 Å². The number of hydrogen-bond acceptors (Lipinski definition) is 6. The predicted molar refractivity (Wildman–Crippen MR) is 81.2 cm³/mol. The second-order valence-corrected chi connectivity index (χ2v) is 5.26. The molecule has 5 rings (SSSR count). The molecule has 23 heavy (non-hydrogen) atoms. The zero-order valence-corrected chi connectivity index (χ0v) is 12.5. The minimum Gasteiger partial charge on any atom is -0.493 e. The molecule has 0 fully saturated rings. The number of aromatic amines is 1. The van der Waals surface area contributed by atoms with Gasteiger partial charge in [0.2, 0.25) is 25.1 Å². The van der Waals surface area contributed by atoms with Gasteiger partial charge < -0.3 is 33.4 Å². The van der Waals surface area contributed by atoms with Crippen LogP contribution in [0.4, 0.5) is 0 Å². The molecule has 2 aliphatic rings. The number of rotatable bonds is 2. The van der Waals surface area contributed by atoms with Crippen molar-refractivity contribution in [3.63, 3.8) is 0 Å². The maximum Gasteiger partial charge on any atom is 0.231 e. The Morgan fingerprint density at radius 3 is 2.39 bits per heavy atom. The summed E-state index contributed by atoms with van der Waals surface area (Å²) >= 11 is 0. The zero-order chi connectivity index (χ0) is 15.6. The molecule has 118 valence electrons. The van der Waals surface area contributed by atoms with Crippen LogP contribution in [-0.2, 0) is 0 Å². The van der Waals surface area contributed by atoms with E-state index in [2.05, 4.69) is 4.98 Å². The molecule has 1 aromatic heterocycles. The van der Waals surface area contributed by atoms with E-state index in [0.717, 1.165) is 21.8 Å². The summed E-state index contributed by atoms with van der Waals surface area (Å²) in [5.74, 6) is 3.74. The van der Waals surface area contributed by atoms with E-state index in [1.54, 1.807) is 14.2 Å². The topological polar surface area (TPSA) is 71.2 Å². The fourth-order valence-corrected chi connectivity index (χ4v) is 3.19. The van der Waals surface area contributed by atoms with Crippen LogP contribution in [0.2, 0.25) is 0 Å². The quantitative estimate of drug-likeness (QED) is 0.784. The fraction of sp³-hybridized carbons (Fsp3) is 0.250. The van der Waals surface area contributed by atoms with Crippen LogP contribution in [0.3, 0.4) is 0 Å². The Morgan fingerprint density at radius 2 is 1.57 bits per heavy atom. The molecular formula is C16H13NO6. The van der Waals surface area contributed by atoms with Crippen molar-refractivity contribution < 1.29 is 28.4 Å². The van der Waals surface area contributed by atoms with Gasteiger partial charge in [0.05, 0.1) is 25.3 Å². The molecule has 0 atom stereocenters. The number of ether oxygens (including phenoxy) is 6. The first-order chi connectivity index (χ1) is 11.3. The molecule has 1 N–H and O–H groups in total. The van der Waals surface area contributed by atoms with Crippen LogP contribution < -0.4 is 28.4 Å². The van der Waals surface area contributed by atoms with E-state index in [-0.39, 0.29) is 13.6 Å². The van der Waals surface area contributed by atoms with Gasteiger partial charge in [-0.05, 0) is 12.1 Å². The fourth-order valence-electron chi connectivity index (χ4n) is 3.19. The van der Waals surface area contributed by atoms with E-state index >= 15 is 0 Å². The van der Waals surface area contributed by atoms with Crippen LogP contribution >= 0.6 is 0 Å². The lowest BCUT2D eigenvalue weighted by Crippen LogP contribution is -1.94. The first kappa shape index (κ1) is 12.6. The molecule has 2 aliphatic heterocycles. The van der Waals surface area contributed by atoms with Crippen molar-refractivity contribution in [3.05, 3.63) is 12.1 Å². The summed E-state index contributed by atoms with van der Waals surface area (Å²) < 4.78 is 33.1. The zero-order valence-electron chi connectivity index (χ0n) is 12.5. The highest BCUT2D eigenvalue weighted by atomic mass is 16.7. The van der Waals surface area contributed by atoms with Gasteiger partial charge in [0.15, 0.2) is 23.0 Å². The first-order valence-electron chi connectivity index (χ1n) is 7.10. The number of benzene rings is 2. The van der Waals surface area contributed by atoms with Crippen molar-refractivity contribution in [2.24, 2.45) is 0 Å². The van der Waals surface area contributed by atoms with Gasteiger partial charge in [-0.25, -0.2) is 0 Å². The van der Waals surface area contributed by atoms with Crippen LogP contribution in [0, 0.1) is 0 Å². The molecular weight excluding hydrogens is 302 g/mol. The third-order valence-corrected chi connectivity index (χ3v) is 4.19. The largest absolute Gasteiger partial charge is 0.493 e. The van der Waals surface area contributed by atoms with Gasteiger partial charge in [-0.3, -0.25) is 0 Å². The normalized spacial score (nSPS) is 14.7. The molecule has 7 heteroatoms. The number of methoxy groups -OCH3 is 2. The van der Waals surface area contributed by atoms with E-state index in [9.17, 15) is 0 Å². The molecule has 0 radical (unpaired) electrons. The molecule has 3 aromatic rings. The molecule has 0 bridgehead atoms. The Hall–Kier alpha value is -2.96. The Balaban J connectivity index is 1.94. The van der Waals surface area contributed by atoms with Crippen LogP contribution in [0.25, 0.3) is 21.8 Å². The highest BCUT2D eigenvalue weighted by Crippen LogP contribution is 2.52. The Bertz CT molecular complexity index is 961. The lowest BCUT2D eigenvalue weighted by molar-refractivity contribution is 0.171. The van der Waals surface area contributed by atoms with Crippen LogP contribution in [0.15, 0.2) is 12.1 Å². The summed E-state index contributed by atoms with van der Waals surface area (Å²) in [5, 5.41) is 1.88. The SMILES string of the molecule is COc1cc2c([nH]c3c(OC)c4c(cc32)OCO4)c2c1OCO2. The van der Waals surface area contributed by atoms with E-state index < -0.39 is 0 Å². The molecule has 2 aromatic carbocycles. The van der Waals surface area contributed by atoms with Crippen molar-refractivity contribution in [2.45, 2.75) is 0 Å². The molecule has 0 spiro atoms. The summed E-state index contributed by atoms with van der Waals surface area (Å²) in [7, 11) is 3.21. The minimum absolute atomic E-state index is 0.167. The lowest BCUT2D eigenvalue weighted by Gasteiger charge is -2.06. The molecule has 0 amide bonds.